The zero-order valence-corrected chi connectivity index (χ0v) is 10.4. The Kier molecular flexibility index (Phi) is 3.25. The molecule has 2 atom stereocenters. The van der Waals surface area contributed by atoms with E-state index in [1.807, 2.05) is 0 Å². The number of alkyl carbamates (subject to hydrolysis) is 1. The number of rotatable bonds is 3. The summed E-state index contributed by atoms with van der Waals surface area (Å²) < 4.78 is 41.2. The molecule has 1 fully saturated rings. The lowest BCUT2D eigenvalue weighted by Crippen LogP contribution is -2.20. The maximum atomic E-state index is 14.0. The Bertz CT molecular complexity index is 555. The van der Waals surface area contributed by atoms with E-state index in [1.54, 1.807) is 0 Å². The molecular weight excluding hydrogens is 261 g/mol. The Hall–Kier alpha value is -1.63. The summed E-state index contributed by atoms with van der Waals surface area (Å²) in [5, 5.41) is 2.36. The number of amides is 1. The first-order chi connectivity index (χ1) is 8.38. The van der Waals surface area contributed by atoms with Gasteiger partial charge in [0.05, 0.1) is 11.4 Å². The molecule has 1 saturated heterocycles. The van der Waals surface area contributed by atoms with Crippen LogP contribution in [0.25, 0.3) is 0 Å². The zero-order valence-electron chi connectivity index (χ0n) is 9.59. The number of benzene rings is 1. The smallest absolute Gasteiger partial charge is 0.407 e. The van der Waals surface area contributed by atoms with Crippen LogP contribution < -0.4 is 5.32 Å². The lowest BCUT2D eigenvalue weighted by Gasteiger charge is -2.14. The number of cyclic esters (lactones) is 1. The third-order valence-corrected chi connectivity index (χ3v) is 3.79. The van der Waals surface area contributed by atoms with Crippen molar-refractivity contribution in [1.29, 1.82) is 0 Å². The predicted molar refractivity (Wildman–Crippen MR) is 61.7 cm³/mol. The fourth-order valence-electron chi connectivity index (χ4n) is 1.68. The Balaban J connectivity index is 2.17. The molecule has 2 rings (SSSR count). The molecule has 0 aromatic heterocycles. The van der Waals surface area contributed by atoms with Gasteiger partial charge in [0.2, 0.25) is 0 Å². The average Bonchev–Trinajstić information content (AvgIpc) is 2.74. The van der Waals surface area contributed by atoms with Gasteiger partial charge in [-0.15, -0.1) is 0 Å². The van der Waals surface area contributed by atoms with Crippen molar-refractivity contribution in [2.45, 2.75) is 17.2 Å². The average molecular weight is 273 g/mol. The molecule has 1 aromatic rings. The van der Waals surface area contributed by atoms with Crippen molar-refractivity contribution in [3.8, 4) is 0 Å². The minimum Gasteiger partial charge on any atom is -0.441 e. The zero-order chi connectivity index (χ0) is 13.3. The van der Waals surface area contributed by atoms with Crippen LogP contribution in [0.5, 0.6) is 0 Å². The summed E-state index contributed by atoms with van der Waals surface area (Å²) in [6, 6.07) is 5.43. The molecule has 0 unspecified atom stereocenters. The molecule has 1 N–H and O–H groups in total. The highest BCUT2D eigenvalue weighted by molar-refractivity contribution is 7.90. The van der Waals surface area contributed by atoms with E-state index in [0.717, 1.165) is 6.26 Å². The van der Waals surface area contributed by atoms with E-state index in [-0.39, 0.29) is 17.0 Å². The Morgan fingerprint density at radius 3 is 2.44 bits per heavy atom. The number of hydrogen-bond acceptors (Lipinski definition) is 4. The summed E-state index contributed by atoms with van der Waals surface area (Å²) in [4.78, 5) is 10.9. The minimum absolute atomic E-state index is 0.105. The van der Waals surface area contributed by atoms with E-state index in [2.05, 4.69) is 5.32 Å². The van der Waals surface area contributed by atoms with Gasteiger partial charge in [-0.3, -0.25) is 0 Å². The summed E-state index contributed by atoms with van der Waals surface area (Å²) in [6.45, 7) is 0.105. The van der Waals surface area contributed by atoms with Gasteiger partial charge in [-0.05, 0) is 17.7 Å². The van der Waals surface area contributed by atoms with Crippen molar-refractivity contribution in [1.82, 2.24) is 5.32 Å². The second-order valence-electron chi connectivity index (χ2n) is 4.07. The Morgan fingerprint density at radius 1 is 1.39 bits per heavy atom. The van der Waals surface area contributed by atoms with Gasteiger partial charge in [-0.1, -0.05) is 12.1 Å². The van der Waals surface area contributed by atoms with Crippen molar-refractivity contribution < 1.29 is 22.3 Å². The highest BCUT2D eigenvalue weighted by Crippen LogP contribution is 2.26. The van der Waals surface area contributed by atoms with E-state index in [4.69, 9.17) is 4.74 Å². The van der Waals surface area contributed by atoms with Crippen LogP contribution in [0.3, 0.4) is 0 Å². The van der Waals surface area contributed by atoms with E-state index in [1.165, 1.54) is 24.3 Å². The first-order valence-electron chi connectivity index (χ1n) is 5.26. The lowest BCUT2D eigenvalue weighted by molar-refractivity contribution is 0.0833. The van der Waals surface area contributed by atoms with Crippen molar-refractivity contribution in [2.75, 3.05) is 12.8 Å². The number of carbonyl (C=O) groups excluding carboxylic acids is 1. The van der Waals surface area contributed by atoms with Gasteiger partial charge in [0.25, 0.3) is 0 Å². The fourth-order valence-corrected chi connectivity index (χ4v) is 2.31. The largest absolute Gasteiger partial charge is 0.441 e. The molecule has 0 spiro atoms. The molecule has 0 bridgehead atoms. The fraction of sp³-hybridized carbons (Fsp3) is 0.364. The molecule has 98 valence electrons. The van der Waals surface area contributed by atoms with Crippen molar-refractivity contribution in [2.24, 2.45) is 0 Å². The van der Waals surface area contributed by atoms with E-state index >= 15 is 0 Å². The van der Waals surface area contributed by atoms with E-state index < -0.39 is 28.2 Å². The molecule has 18 heavy (non-hydrogen) atoms. The normalized spacial score (nSPS) is 21.2. The molecule has 1 aliphatic rings. The lowest BCUT2D eigenvalue weighted by atomic mass is 10.1. The second-order valence-corrected chi connectivity index (χ2v) is 6.08. The van der Waals surface area contributed by atoms with Gasteiger partial charge in [0.15, 0.2) is 22.1 Å². The minimum atomic E-state index is -3.29. The number of sulfone groups is 1. The van der Waals surface area contributed by atoms with Crippen molar-refractivity contribution in [3.05, 3.63) is 29.8 Å². The van der Waals surface area contributed by atoms with Gasteiger partial charge in [-0.25, -0.2) is 17.6 Å². The third kappa shape index (κ3) is 2.61. The van der Waals surface area contributed by atoms with Crippen LogP contribution in [-0.2, 0) is 14.6 Å². The van der Waals surface area contributed by atoms with E-state index in [0.29, 0.717) is 0 Å². The van der Waals surface area contributed by atoms with Crippen LogP contribution in [0.15, 0.2) is 29.2 Å². The summed E-state index contributed by atoms with van der Waals surface area (Å²) in [6.07, 6.45) is -1.91. The van der Waals surface area contributed by atoms with Crippen molar-refractivity contribution in [3.63, 3.8) is 0 Å². The van der Waals surface area contributed by atoms with Gasteiger partial charge in [-0.2, -0.15) is 0 Å². The van der Waals surface area contributed by atoms with Crippen LogP contribution in [-0.4, -0.2) is 33.4 Å². The highest BCUT2D eigenvalue weighted by atomic mass is 32.2. The molecule has 1 amide bonds. The summed E-state index contributed by atoms with van der Waals surface area (Å²) in [5.41, 5.74) is 0.281. The Labute approximate surface area is 104 Å². The molecule has 0 radical (unpaired) electrons. The topological polar surface area (TPSA) is 72.5 Å². The third-order valence-electron chi connectivity index (χ3n) is 2.66. The molecule has 1 aliphatic heterocycles. The highest BCUT2D eigenvalue weighted by Gasteiger charge is 2.31. The monoisotopic (exact) mass is 273 g/mol. The van der Waals surface area contributed by atoms with Crippen molar-refractivity contribution >= 4 is 15.9 Å². The number of alkyl halides is 1. The number of hydrogen-bond donors (Lipinski definition) is 1. The van der Waals surface area contributed by atoms with Gasteiger partial charge >= 0.3 is 6.09 Å². The molecule has 5 nitrogen and oxygen atoms in total. The molecule has 1 aromatic carbocycles. The summed E-state index contributed by atoms with van der Waals surface area (Å²) >= 11 is 0. The number of ether oxygens (including phenoxy) is 1. The number of nitrogens with one attached hydrogen (secondary N) is 1. The SMILES string of the molecule is CS(=O)(=O)c1ccc([C@H](F)[C@@H]2CNC(=O)O2)cc1. The van der Waals surface area contributed by atoms with Crippen LogP contribution in [0, 0.1) is 0 Å². The van der Waals surface area contributed by atoms with Gasteiger partial charge < -0.3 is 10.1 Å². The van der Waals surface area contributed by atoms with Crippen LogP contribution >= 0.6 is 0 Å². The molecule has 0 saturated carbocycles. The molecule has 1 heterocycles. The first kappa shape index (κ1) is 12.8. The second kappa shape index (κ2) is 4.56. The number of carbonyl (C=O) groups is 1. The summed E-state index contributed by atoms with van der Waals surface area (Å²) in [5.74, 6) is 0. The van der Waals surface area contributed by atoms with Crippen LogP contribution in [0.4, 0.5) is 9.18 Å². The maximum Gasteiger partial charge on any atom is 0.407 e. The maximum absolute atomic E-state index is 14.0. The quantitative estimate of drug-likeness (QED) is 0.898. The molecule has 0 aliphatic carbocycles. The summed E-state index contributed by atoms with van der Waals surface area (Å²) in [7, 11) is -3.29. The van der Waals surface area contributed by atoms with Gasteiger partial charge in [0.1, 0.15) is 0 Å². The first-order valence-corrected chi connectivity index (χ1v) is 7.15. The van der Waals surface area contributed by atoms with Gasteiger partial charge in [0, 0.05) is 6.26 Å². The van der Waals surface area contributed by atoms with E-state index in [9.17, 15) is 17.6 Å². The standard InChI is InChI=1S/C11H12FNO4S/c1-18(15,16)8-4-2-7(3-5-8)10(12)9-6-13-11(14)17-9/h2-5,9-10H,6H2,1H3,(H,13,14)/t9-,10-/m0/s1. The van der Waals surface area contributed by atoms with Crippen LogP contribution in [0.1, 0.15) is 11.7 Å². The Morgan fingerprint density at radius 2 is 2.00 bits per heavy atom. The number of halogens is 1. The molecule has 7 heteroatoms. The molecular formula is C11H12FNO4S. The predicted octanol–water partition coefficient (Wildman–Crippen LogP) is 1.21. The van der Waals surface area contributed by atoms with Crippen LogP contribution in [0.2, 0.25) is 0 Å².